The molecule has 2 heterocycles. The summed E-state index contributed by atoms with van der Waals surface area (Å²) in [6.07, 6.45) is 0.913. The van der Waals surface area contributed by atoms with E-state index in [2.05, 4.69) is 29.8 Å². The second kappa shape index (κ2) is 5.55. The molecule has 1 aromatic rings. The number of sulfonamides is 1. The van der Waals surface area contributed by atoms with Crippen molar-refractivity contribution < 1.29 is 12.8 Å². The number of hydrogen-bond acceptors (Lipinski definition) is 4. The molecule has 0 aromatic carbocycles. The van der Waals surface area contributed by atoms with Crippen molar-refractivity contribution in [2.75, 3.05) is 13.1 Å². The van der Waals surface area contributed by atoms with Crippen molar-refractivity contribution in [1.29, 1.82) is 0 Å². The summed E-state index contributed by atoms with van der Waals surface area (Å²) in [4.78, 5) is 0.178. The van der Waals surface area contributed by atoms with Gasteiger partial charge in [-0.1, -0.05) is 13.8 Å². The second-order valence-electron chi connectivity index (χ2n) is 5.21. The lowest BCUT2D eigenvalue weighted by Gasteiger charge is -2.17. The van der Waals surface area contributed by atoms with Crippen LogP contribution in [0.25, 0.3) is 0 Å². The van der Waals surface area contributed by atoms with Crippen LogP contribution in [0.5, 0.6) is 0 Å². The van der Waals surface area contributed by atoms with Crippen LogP contribution in [-0.2, 0) is 16.6 Å². The predicted octanol–water partition coefficient (Wildman–Crippen LogP) is 2.17. The van der Waals surface area contributed by atoms with Crippen LogP contribution in [-0.4, -0.2) is 25.8 Å². The predicted molar refractivity (Wildman–Crippen MR) is 76.0 cm³/mol. The minimum absolute atomic E-state index is 0.178. The van der Waals surface area contributed by atoms with Gasteiger partial charge in [-0.3, -0.25) is 0 Å². The van der Waals surface area contributed by atoms with E-state index in [4.69, 9.17) is 10.2 Å². The molecule has 2 N–H and O–H groups in total. The summed E-state index contributed by atoms with van der Waals surface area (Å²) in [6, 6.07) is 1.50. The van der Waals surface area contributed by atoms with Crippen molar-refractivity contribution in [3.05, 3.63) is 16.5 Å². The number of nitrogens with two attached hydrogens (primary N) is 1. The average Bonchev–Trinajstić information content (AvgIpc) is 2.95. The van der Waals surface area contributed by atoms with E-state index >= 15 is 0 Å². The molecule has 2 rings (SSSR count). The van der Waals surface area contributed by atoms with Gasteiger partial charge in [0, 0.05) is 19.2 Å². The van der Waals surface area contributed by atoms with Gasteiger partial charge in [-0.25, -0.2) is 8.42 Å². The molecule has 108 valence electrons. The van der Waals surface area contributed by atoms with E-state index in [0.29, 0.717) is 30.7 Å². The third kappa shape index (κ3) is 2.89. The highest BCUT2D eigenvalue weighted by Crippen LogP contribution is 2.33. The van der Waals surface area contributed by atoms with Crippen LogP contribution in [0.2, 0.25) is 0 Å². The van der Waals surface area contributed by atoms with Crippen molar-refractivity contribution in [3.63, 3.8) is 0 Å². The zero-order valence-electron chi connectivity index (χ0n) is 11.1. The highest BCUT2D eigenvalue weighted by Gasteiger charge is 2.35. The third-order valence-corrected chi connectivity index (χ3v) is 6.38. The highest BCUT2D eigenvalue weighted by atomic mass is 79.9. The molecule has 19 heavy (non-hydrogen) atoms. The third-order valence-electron chi connectivity index (χ3n) is 3.66. The minimum atomic E-state index is -3.49. The Hall–Kier alpha value is -0.370. The molecule has 1 unspecified atom stereocenters. The molecule has 1 fully saturated rings. The summed E-state index contributed by atoms with van der Waals surface area (Å²) in [5.41, 5.74) is 5.47. The average molecular weight is 351 g/mol. The van der Waals surface area contributed by atoms with Crippen molar-refractivity contribution in [2.24, 2.45) is 17.6 Å². The van der Waals surface area contributed by atoms with E-state index in [9.17, 15) is 8.42 Å². The highest BCUT2D eigenvalue weighted by molar-refractivity contribution is 9.10. The maximum atomic E-state index is 12.5. The van der Waals surface area contributed by atoms with Crippen LogP contribution < -0.4 is 5.73 Å². The first-order valence-electron chi connectivity index (χ1n) is 6.34. The monoisotopic (exact) mass is 350 g/mol. The Morgan fingerprint density at radius 2 is 2.26 bits per heavy atom. The van der Waals surface area contributed by atoms with Gasteiger partial charge in [-0.15, -0.1) is 0 Å². The zero-order valence-corrected chi connectivity index (χ0v) is 13.5. The number of rotatable bonds is 4. The first-order chi connectivity index (χ1) is 8.86. The molecule has 1 aliphatic rings. The molecule has 1 aromatic heterocycles. The molecule has 7 heteroatoms. The van der Waals surface area contributed by atoms with Gasteiger partial charge in [0.25, 0.3) is 0 Å². The maximum absolute atomic E-state index is 12.5. The summed E-state index contributed by atoms with van der Waals surface area (Å²) >= 11 is 3.16. The van der Waals surface area contributed by atoms with E-state index < -0.39 is 10.0 Å². The fourth-order valence-electron chi connectivity index (χ4n) is 2.33. The van der Waals surface area contributed by atoms with Crippen molar-refractivity contribution in [3.8, 4) is 0 Å². The number of nitrogens with zero attached hydrogens (tertiary/aromatic N) is 1. The topological polar surface area (TPSA) is 76.5 Å². The minimum Gasteiger partial charge on any atom is -0.452 e. The number of halogens is 1. The lowest BCUT2D eigenvalue weighted by molar-refractivity contribution is 0.388. The molecular formula is C12H19BrN2O3S. The summed E-state index contributed by atoms with van der Waals surface area (Å²) in [5, 5.41) is 0. The Balaban J connectivity index is 2.26. The quantitative estimate of drug-likeness (QED) is 0.902. The van der Waals surface area contributed by atoms with E-state index in [1.807, 2.05) is 0 Å². The van der Waals surface area contributed by atoms with Gasteiger partial charge in [0.15, 0.2) is 4.67 Å². The largest absolute Gasteiger partial charge is 0.452 e. The Kier molecular flexibility index (Phi) is 4.39. The van der Waals surface area contributed by atoms with Gasteiger partial charge in [-0.05, 0) is 34.2 Å². The smallest absolute Gasteiger partial charge is 0.247 e. The summed E-state index contributed by atoms with van der Waals surface area (Å²) in [7, 11) is -3.49. The van der Waals surface area contributed by atoms with Gasteiger partial charge < -0.3 is 10.2 Å². The van der Waals surface area contributed by atoms with Crippen LogP contribution in [0, 0.1) is 11.8 Å². The summed E-state index contributed by atoms with van der Waals surface area (Å²) in [5.74, 6) is 1.38. The SMILES string of the molecule is CC(C)C1CCN(S(=O)(=O)c2cc(CN)oc2Br)C1. The van der Waals surface area contributed by atoms with Crippen LogP contribution >= 0.6 is 15.9 Å². The molecule has 0 spiro atoms. The molecular weight excluding hydrogens is 332 g/mol. The lowest BCUT2D eigenvalue weighted by atomic mass is 9.96. The van der Waals surface area contributed by atoms with Gasteiger partial charge in [-0.2, -0.15) is 4.31 Å². The molecule has 1 atom stereocenters. The molecule has 0 amide bonds. The van der Waals surface area contributed by atoms with Crippen molar-refractivity contribution in [1.82, 2.24) is 4.31 Å². The zero-order chi connectivity index (χ0) is 14.2. The van der Waals surface area contributed by atoms with E-state index in [1.54, 1.807) is 0 Å². The Morgan fingerprint density at radius 3 is 2.74 bits per heavy atom. The van der Waals surface area contributed by atoms with E-state index in [1.165, 1.54) is 10.4 Å². The molecule has 1 aliphatic heterocycles. The van der Waals surface area contributed by atoms with Crippen molar-refractivity contribution in [2.45, 2.75) is 31.7 Å². The Morgan fingerprint density at radius 1 is 1.58 bits per heavy atom. The Bertz CT molecular complexity index is 553. The lowest BCUT2D eigenvalue weighted by Crippen LogP contribution is -2.29. The van der Waals surface area contributed by atoms with Crippen LogP contribution in [0.1, 0.15) is 26.0 Å². The first-order valence-corrected chi connectivity index (χ1v) is 8.58. The molecule has 5 nitrogen and oxygen atoms in total. The molecule has 0 radical (unpaired) electrons. The number of furan rings is 1. The standard InChI is InChI=1S/C12H19BrN2O3S/c1-8(2)9-3-4-15(7-9)19(16,17)11-5-10(6-14)18-12(11)13/h5,8-9H,3-4,6-7,14H2,1-2H3. The van der Waals surface area contributed by atoms with Crippen LogP contribution in [0.3, 0.4) is 0 Å². The second-order valence-corrected chi connectivity index (χ2v) is 7.84. The van der Waals surface area contributed by atoms with E-state index in [-0.39, 0.29) is 16.1 Å². The number of hydrogen-bond donors (Lipinski definition) is 1. The van der Waals surface area contributed by atoms with Gasteiger partial charge in [0.1, 0.15) is 10.7 Å². The normalized spacial score (nSPS) is 21.4. The van der Waals surface area contributed by atoms with Gasteiger partial charge in [0.2, 0.25) is 10.0 Å². The van der Waals surface area contributed by atoms with Gasteiger partial charge >= 0.3 is 0 Å². The van der Waals surface area contributed by atoms with Crippen LogP contribution in [0.4, 0.5) is 0 Å². The summed E-state index contributed by atoms with van der Waals surface area (Å²) in [6.45, 7) is 5.58. The fourth-order valence-corrected chi connectivity index (χ4v) is 4.80. The molecule has 0 aliphatic carbocycles. The molecule has 0 saturated carbocycles. The van der Waals surface area contributed by atoms with Crippen molar-refractivity contribution >= 4 is 26.0 Å². The molecule has 0 bridgehead atoms. The first kappa shape index (κ1) is 15.0. The van der Waals surface area contributed by atoms with E-state index in [0.717, 1.165) is 6.42 Å². The fraction of sp³-hybridized carbons (Fsp3) is 0.667. The maximum Gasteiger partial charge on any atom is 0.247 e. The summed E-state index contributed by atoms with van der Waals surface area (Å²) < 4.78 is 32.1. The Labute approximate surface area is 122 Å². The van der Waals surface area contributed by atoms with Crippen LogP contribution in [0.15, 0.2) is 20.0 Å². The molecule has 1 saturated heterocycles. The van der Waals surface area contributed by atoms with Gasteiger partial charge in [0.05, 0.1) is 6.54 Å².